The summed E-state index contributed by atoms with van der Waals surface area (Å²) in [5.74, 6) is 0. The third-order valence-corrected chi connectivity index (χ3v) is 5.56. The molecule has 0 heterocycles. The summed E-state index contributed by atoms with van der Waals surface area (Å²) >= 11 is 0. The van der Waals surface area contributed by atoms with Crippen LogP contribution in [0, 0.1) is 0 Å². The maximum atomic E-state index is 2.41. The normalized spacial score (nSPS) is 15.9. The molecule has 0 atom stereocenters. The fourth-order valence-corrected chi connectivity index (χ4v) is 4.52. The molecule has 0 radical (unpaired) electrons. The lowest BCUT2D eigenvalue weighted by molar-refractivity contribution is 0.675. The number of rotatable bonds is 0. The van der Waals surface area contributed by atoms with Crippen LogP contribution in [0.15, 0.2) is 66.7 Å². The second-order valence-corrected chi connectivity index (χ2v) is 7.59. The van der Waals surface area contributed by atoms with Crippen LogP contribution in [0.2, 0.25) is 0 Å². The van der Waals surface area contributed by atoms with Gasteiger partial charge >= 0.3 is 0 Å². The molecule has 0 N–H and O–H groups in total. The van der Waals surface area contributed by atoms with E-state index in [2.05, 4.69) is 87.5 Å². The lowest BCUT2D eigenvalue weighted by atomic mass is 9.73. The summed E-state index contributed by atoms with van der Waals surface area (Å²) in [4.78, 5) is 0. The fourth-order valence-electron chi connectivity index (χ4n) is 4.52. The molecule has 1 aliphatic rings. The van der Waals surface area contributed by atoms with Crippen LogP contribution in [0.1, 0.15) is 31.9 Å². The van der Waals surface area contributed by atoms with E-state index >= 15 is 0 Å². The SMILES string of the molecule is CC1=CC(C)(C)c2cc3ccc4ccccc4c3c3cccc1c23. The van der Waals surface area contributed by atoms with Gasteiger partial charge < -0.3 is 0 Å². The average molecular weight is 308 g/mol. The van der Waals surface area contributed by atoms with Gasteiger partial charge in [-0.15, -0.1) is 0 Å². The highest BCUT2D eigenvalue weighted by atomic mass is 14.3. The first-order chi connectivity index (χ1) is 11.6. The molecule has 0 spiro atoms. The molecule has 0 nitrogen and oxygen atoms in total. The standard InChI is InChI=1S/C24H20/c1-15-14-24(2,3)21-13-17-12-11-16-7-4-5-8-19(16)22(17)20-10-6-9-18(15)23(20)21/h4-14H,1-3H3. The molecule has 0 amide bonds. The molecule has 4 aromatic rings. The third-order valence-electron chi connectivity index (χ3n) is 5.56. The predicted octanol–water partition coefficient (Wildman–Crippen LogP) is 6.84. The predicted molar refractivity (Wildman–Crippen MR) is 106 cm³/mol. The third kappa shape index (κ3) is 1.69. The molecule has 0 aliphatic heterocycles. The fraction of sp³-hybridized carbons (Fsp3) is 0.167. The van der Waals surface area contributed by atoms with Crippen molar-refractivity contribution in [1.29, 1.82) is 0 Å². The first-order valence-electron chi connectivity index (χ1n) is 8.64. The Morgan fingerprint density at radius 2 is 1.46 bits per heavy atom. The summed E-state index contributed by atoms with van der Waals surface area (Å²) in [6, 6.07) is 22.4. The molecule has 4 aromatic carbocycles. The van der Waals surface area contributed by atoms with E-state index in [9.17, 15) is 0 Å². The minimum absolute atomic E-state index is 0.0660. The molecule has 5 rings (SSSR count). The summed E-state index contributed by atoms with van der Waals surface area (Å²) in [5.41, 5.74) is 4.28. The molecule has 0 aromatic heterocycles. The van der Waals surface area contributed by atoms with Crippen molar-refractivity contribution in [2.24, 2.45) is 0 Å². The van der Waals surface area contributed by atoms with E-state index in [1.807, 2.05) is 0 Å². The summed E-state index contributed by atoms with van der Waals surface area (Å²) in [5, 5.41) is 8.22. The van der Waals surface area contributed by atoms with E-state index < -0.39 is 0 Å². The van der Waals surface area contributed by atoms with Gasteiger partial charge in [0, 0.05) is 5.41 Å². The van der Waals surface area contributed by atoms with E-state index in [1.165, 1.54) is 49.0 Å². The Bertz CT molecular complexity index is 1170. The van der Waals surface area contributed by atoms with E-state index in [0.29, 0.717) is 0 Å². The van der Waals surface area contributed by atoms with E-state index in [0.717, 1.165) is 0 Å². The van der Waals surface area contributed by atoms with Crippen molar-refractivity contribution in [2.45, 2.75) is 26.2 Å². The van der Waals surface area contributed by atoms with Gasteiger partial charge in [0.15, 0.2) is 0 Å². The average Bonchev–Trinajstić information content (AvgIpc) is 2.58. The largest absolute Gasteiger partial charge is 0.0709 e. The highest BCUT2D eigenvalue weighted by Crippen LogP contribution is 2.45. The Balaban J connectivity index is 2.12. The molecule has 116 valence electrons. The Kier molecular flexibility index (Phi) is 2.58. The molecular weight excluding hydrogens is 288 g/mol. The van der Waals surface area contributed by atoms with Crippen molar-refractivity contribution in [2.75, 3.05) is 0 Å². The van der Waals surface area contributed by atoms with Crippen LogP contribution in [0.4, 0.5) is 0 Å². The van der Waals surface area contributed by atoms with Crippen molar-refractivity contribution in [3.63, 3.8) is 0 Å². The summed E-state index contributed by atoms with van der Waals surface area (Å²) in [6.45, 7) is 6.90. The molecule has 24 heavy (non-hydrogen) atoms. The van der Waals surface area contributed by atoms with Crippen molar-refractivity contribution >= 4 is 37.9 Å². The Morgan fingerprint density at radius 3 is 2.33 bits per heavy atom. The molecule has 0 saturated carbocycles. The van der Waals surface area contributed by atoms with Gasteiger partial charge in [0.2, 0.25) is 0 Å². The van der Waals surface area contributed by atoms with E-state index in [1.54, 1.807) is 0 Å². The molecule has 0 unspecified atom stereocenters. The molecular formula is C24H20. The maximum absolute atomic E-state index is 2.41. The van der Waals surface area contributed by atoms with Gasteiger partial charge in [-0.1, -0.05) is 74.5 Å². The molecule has 0 fully saturated rings. The molecule has 0 heteroatoms. The van der Waals surface area contributed by atoms with Gasteiger partial charge in [-0.25, -0.2) is 0 Å². The van der Waals surface area contributed by atoms with E-state index in [4.69, 9.17) is 0 Å². The van der Waals surface area contributed by atoms with Gasteiger partial charge in [0.1, 0.15) is 0 Å². The second kappa shape index (κ2) is 4.48. The van der Waals surface area contributed by atoms with Gasteiger partial charge in [-0.05, 0) is 62.0 Å². The smallest absolute Gasteiger partial charge is 0.00878 e. The monoisotopic (exact) mass is 308 g/mol. The molecule has 0 saturated heterocycles. The van der Waals surface area contributed by atoms with Crippen LogP contribution < -0.4 is 0 Å². The van der Waals surface area contributed by atoms with Gasteiger partial charge in [-0.3, -0.25) is 0 Å². The Hall–Kier alpha value is -2.60. The zero-order chi connectivity index (χ0) is 16.5. The van der Waals surface area contributed by atoms with Gasteiger partial charge in [0.05, 0.1) is 0 Å². The highest BCUT2D eigenvalue weighted by molar-refractivity contribution is 6.22. The van der Waals surface area contributed by atoms with Gasteiger partial charge in [0.25, 0.3) is 0 Å². The maximum Gasteiger partial charge on any atom is 0.00878 e. The topological polar surface area (TPSA) is 0 Å². The number of benzene rings is 4. The van der Waals surface area contributed by atoms with Crippen LogP contribution in [0.25, 0.3) is 37.9 Å². The van der Waals surface area contributed by atoms with Crippen molar-refractivity contribution in [3.8, 4) is 0 Å². The molecule has 1 aliphatic carbocycles. The number of fused-ring (bicyclic) bond motifs is 4. The van der Waals surface area contributed by atoms with Crippen LogP contribution in [-0.2, 0) is 5.41 Å². The summed E-state index contributed by atoms with van der Waals surface area (Å²) < 4.78 is 0. The number of hydrogen-bond donors (Lipinski definition) is 0. The summed E-state index contributed by atoms with van der Waals surface area (Å²) in [6.07, 6.45) is 2.41. The van der Waals surface area contributed by atoms with E-state index in [-0.39, 0.29) is 5.41 Å². The second-order valence-electron chi connectivity index (χ2n) is 7.59. The Morgan fingerprint density at radius 1 is 0.708 bits per heavy atom. The van der Waals surface area contributed by atoms with Crippen LogP contribution >= 0.6 is 0 Å². The van der Waals surface area contributed by atoms with Crippen LogP contribution in [-0.4, -0.2) is 0 Å². The highest BCUT2D eigenvalue weighted by Gasteiger charge is 2.27. The van der Waals surface area contributed by atoms with Crippen LogP contribution in [0.5, 0.6) is 0 Å². The quantitative estimate of drug-likeness (QED) is 0.312. The van der Waals surface area contributed by atoms with Crippen molar-refractivity contribution in [3.05, 3.63) is 77.9 Å². The molecule has 0 bridgehead atoms. The number of allylic oxidation sites excluding steroid dienone is 2. The van der Waals surface area contributed by atoms with Crippen molar-refractivity contribution in [1.82, 2.24) is 0 Å². The zero-order valence-electron chi connectivity index (χ0n) is 14.4. The first-order valence-corrected chi connectivity index (χ1v) is 8.64. The first kappa shape index (κ1) is 13.8. The van der Waals surface area contributed by atoms with Crippen LogP contribution in [0.3, 0.4) is 0 Å². The minimum Gasteiger partial charge on any atom is -0.0709 e. The summed E-state index contributed by atoms with van der Waals surface area (Å²) in [7, 11) is 0. The lowest BCUT2D eigenvalue weighted by Gasteiger charge is -2.31. The minimum atomic E-state index is 0.0660. The zero-order valence-corrected chi connectivity index (χ0v) is 14.4. The number of hydrogen-bond acceptors (Lipinski definition) is 0. The van der Waals surface area contributed by atoms with Crippen molar-refractivity contribution < 1.29 is 0 Å². The van der Waals surface area contributed by atoms with Gasteiger partial charge in [-0.2, -0.15) is 0 Å². The lowest BCUT2D eigenvalue weighted by Crippen LogP contribution is -2.18. The Labute approximate surface area is 142 Å².